The predicted molar refractivity (Wildman–Crippen MR) is 156 cm³/mol. The van der Waals surface area contributed by atoms with E-state index >= 15 is 0 Å². The van der Waals surface area contributed by atoms with Gasteiger partial charge in [-0.1, -0.05) is 55.3 Å². The van der Waals surface area contributed by atoms with Crippen LogP contribution >= 0.6 is 0 Å². The van der Waals surface area contributed by atoms with E-state index in [4.69, 9.17) is 10.2 Å². The van der Waals surface area contributed by atoms with Crippen LogP contribution in [0.25, 0.3) is 22.6 Å². The summed E-state index contributed by atoms with van der Waals surface area (Å²) in [6.45, 7) is 4.46. The van der Waals surface area contributed by atoms with Crippen LogP contribution < -0.4 is 5.73 Å². The van der Waals surface area contributed by atoms with Crippen molar-refractivity contribution < 1.29 is 13.6 Å². The topological polar surface area (TPSA) is 96.2 Å². The Labute approximate surface area is 239 Å². The molecule has 2 heterocycles. The lowest BCUT2D eigenvalue weighted by atomic mass is 9.92. The number of hydrogen-bond acceptors (Lipinski definition) is 5. The molecule has 1 aromatic heterocycles. The first kappa shape index (κ1) is 27.8. The average Bonchev–Trinajstić information content (AvgIpc) is 3.66. The maximum Gasteiger partial charge on any atom is 0.254 e. The Hall–Kier alpha value is -4.72. The number of carbonyl (C=O) groups is 1. The highest BCUT2D eigenvalue weighted by Crippen LogP contribution is 2.34. The van der Waals surface area contributed by atoms with Crippen molar-refractivity contribution in [3.8, 4) is 40.5 Å². The lowest BCUT2D eigenvalue weighted by molar-refractivity contribution is 0.0766. The van der Waals surface area contributed by atoms with Gasteiger partial charge in [0.1, 0.15) is 17.6 Å². The summed E-state index contributed by atoms with van der Waals surface area (Å²) in [6.07, 6.45) is 4.53. The van der Waals surface area contributed by atoms with Gasteiger partial charge < -0.3 is 15.1 Å². The van der Waals surface area contributed by atoms with Crippen molar-refractivity contribution in [1.82, 2.24) is 9.88 Å². The van der Waals surface area contributed by atoms with Crippen molar-refractivity contribution in [3.63, 3.8) is 0 Å². The van der Waals surface area contributed by atoms with Crippen LogP contribution in [0.1, 0.15) is 60.4 Å². The lowest BCUT2D eigenvalue weighted by Gasteiger charge is -2.22. The Morgan fingerprint density at radius 3 is 2.71 bits per heavy atom. The molecule has 1 unspecified atom stereocenters. The van der Waals surface area contributed by atoms with Crippen LogP contribution in [0, 0.1) is 29.0 Å². The van der Waals surface area contributed by atoms with Crippen molar-refractivity contribution in [2.75, 3.05) is 6.54 Å². The fraction of sp³-hybridized carbons (Fsp3) is 0.265. The van der Waals surface area contributed by atoms with Gasteiger partial charge in [0.15, 0.2) is 0 Å². The maximum atomic E-state index is 14.6. The minimum atomic E-state index is -0.833. The Kier molecular flexibility index (Phi) is 8.01. The number of nitrogens with two attached hydrogens (primary N) is 1. The summed E-state index contributed by atoms with van der Waals surface area (Å²) in [7, 11) is 0. The molecule has 206 valence electrons. The number of nitrogens with zero attached hydrogens (tertiary/aromatic N) is 3. The number of aromatic nitrogens is 1. The van der Waals surface area contributed by atoms with E-state index in [-0.39, 0.29) is 23.4 Å². The predicted octanol–water partition coefficient (Wildman–Crippen LogP) is 6.45. The van der Waals surface area contributed by atoms with Crippen molar-refractivity contribution in [2.24, 2.45) is 5.73 Å². The quantitative estimate of drug-likeness (QED) is 0.280. The number of carbonyl (C=O) groups excluding carboxylic acids is 1. The first-order chi connectivity index (χ1) is 19.8. The smallest absolute Gasteiger partial charge is 0.254 e. The van der Waals surface area contributed by atoms with Gasteiger partial charge in [-0.15, -0.1) is 5.92 Å². The van der Waals surface area contributed by atoms with E-state index in [0.29, 0.717) is 47.4 Å². The third-order valence-corrected chi connectivity index (χ3v) is 7.31. The minimum Gasteiger partial charge on any atom is -0.439 e. The highest BCUT2D eigenvalue weighted by Gasteiger charge is 2.30. The van der Waals surface area contributed by atoms with Gasteiger partial charge in [-0.05, 0) is 61.6 Å². The van der Waals surface area contributed by atoms with Gasteiger partial charge in [0.2, 0.25) is 5.89 Å². The zero-order valence-electron chi connectivity index (χ0n) is 23.2. The molecule has 1 fully saturated rings. The summed E-state index contributed by atoms with van der Waals surface area (Å²) >= 11 is 0. The summed E-state index contributed by atoms with van der Waals surface area (Å²) in [4.78, 5) is 20.1. The molecule has 1 aliphatic heterocycles. The number of benzene rings is 3. The van der Waals surface area contributed by atoms with Gasteiger partial charge >= 0.3 is 0 Å². The Balaban J connectivity index is 1.58. The molecule has 0 bridgehead atoms. The molecule has 1 aliphatic rings. The van der Waals surface area contributed by atoms with E-state index in [1.165, 1.54) is 6.07 Å². The third-order valence-electron chi connectivity index (χ3n) is 7.31. The second kappa shape index (κ2) is 11.8. The van der Waals surface area contributed by atoms with Gasteiger partial charge in [-0.3, -0.25) is 4.79 Å². The monoisotopic (exact) mass is 546 g/mol. The highest BCUT2D eigenvalue weighted by molar-refractivity contribution is 5.97. The Morgan fingerprint density at radius 2 is 1.95 bits per heavy atom. The molecule has 0 radical (unpaired) electrons. The standard InChI is InChI=1S/C34H31FN4O2/c1-3-4-12-27-13-9-16-39(27)33(40)26-18-24(28-14-8-15-30(35)29(28)21-36)17-25(19-26)32-38-22-31(41-32)34(2,37)20-23-10-6-5-7-11-23/h5-8,10-11,14-15,17-19,22,27H,3,9,13,16,20,37H2,1-2H3/t27?,34-/m1/s1. The molecule has 0 aliphatic carbocycles. The normalized spacial score (nSPS) is 16.0. The van der Waals surface area contributed by atoms with Gasteiger partial charge in [0.25, 0.3) is 5.91 Å². The number of hydrogen-bond donors (Lipinski definition) is 1. The number of amides is 1. The summed E-state index contributed by atoms with van der Waals surface area (Å²) in [5, 5.41) is 9.70. The van der Waals surface area contributed by atoms with E-state index in [2.05, 4.69) is 16.8 Å². The van der Waals surface area contributed by atoms with Crippen molar-refractivity contribution in [2.45, 2.75) is 51.1 Å². The van der Waals surface area contributed by atoms with Crippen LogP contribution in [0.15, 0.2) is 77.3 Å². The van der Waals surface area contributed by atoms with Crippen LogP contribution in [-0.4, -0.2) is 28.4 Å². The van der Waals surface area contributed by atoms with Crippen LogP contribution in [0.3, 0.4) is 0 Å². The number of rotatable bonds is 6. The number of oxazole rings is 1. The lowest BCUT2D eigenvalue weighted by Crippen LogP contribution is -2.35. The fourth-order valence-electron chi connectivity index (χ4n) is 5.23. The minimum absolute atomic E-state index is 0.0959. The molecule has 5 rings (SSSR count). The fourth-order valence-corrected chi connectivity index (χ4v) is 5.23. The molecule has 7 heteroatoms. The average molecular weight is 547 g/mol. The molecule has 2 N–H and O–H groups in total. The Morgan fingerprint density at radius 1 is 1.17 bits per heavy atom. The van der Waals surface area contributed by atoms with Gasteiger partial charge in [-0.25, -0.2) is 9.37 Å². The Bertz CT molecular complexity index is 1670. The zero-order valence-corrected chi connectivity index (χ0v) is 23.2. The van der Waals surface area contributed by atoms with Crippen molar-refractivity contribution in [1.29, 1.82) is 5.26 Å². The summed E-state index contributed by atoms with van der Waals surface area (Å²) in [5.74, 6) is 6.26. The van der Waals surface area contributed by atoms with Gasteiger partial charge in [0.05, 0.1) is 23.3 Å². The van der Waals surface area contributed by atoms with E-state index in [1.54, 1.807) is 41.4 Å². The van der Waals surface area contributed by atoms with Gasteiger partial charge in [0, 0.05) is 29.7 Å². The molecule has 41 heavy (non-hydrogen) atoms. The molecule has 1 amide bonds. The number of halogens is 1. The second-order valence-electron chi connectivity index (χ2n) is 10.5. The molecule has 3 aromatic carbocycles. The van der Waals surface area contributed by atoms with E-state index in [9.17, 15) is 14.4 Å². The first-order valence-electron chi connectivity index (χ1n) is 13.7. The SMILES string of the molecule is CCC#CC1CCCN1C(=O)c1cc(-c2ncc([C@](C)(N)Cc3ccccc3)o2)cc(-c2cccc(F)c2C#N)c1. The molecule has 4 aromatic rings. The van der Waals surface area contributed by atoms with Crippen LogP contribution in [0.2, 0.25) is 0 Å². The largest absolute Gasteiger partial charge is 0.439 e. The van der Waals surface area contributed by atoms with E-state index < -0.39 is 11.4 Å². The van der Waals surface area contributed by atoms with Crippen LogP contribution in [-0.2, 0) is 12.0 Å². The number of nitriles is 1. The van der Waals surface area contributed by atoms with Gasteiger partial charge in [-0.2, -0.15) is 5.26 Å². The molecule has 1 saturated heterocycles. The summed E-state index contributed by atoms with van der Waals surface area (Å²) in [5.41, 5.74) is 8.60. The zero-order chi connectivity index (χ0) is 29.0. The number of likely N-dealkylation sites (tertiary alicyclic amines) is 1. The molecule has 0 spiro atoms. The van der Waals surface area contributed by atoms with Crippen LogP contribution in [0.4, 0.5) is 4.39 Å². The summed E-state index contributed by atoms with van der Waals surface area (Å²) < 4.78 is 20.8. The molecule has 0 saturated carbocycles. The molecule has 2 atom stereocenters. The van der Waals surface area contributed by atoms with Crippen molar-refractivity contribution in [3.05, 3.63) is 101 Å². The maximum absolute atomic E-state index is 14.6. The first-order valence-corrected chi connectivity index (χ1v) is 13.7. The summed E-state index contributed by atoms with van der Waals surface area (Å²) in [6, 6.07) is 21.3. The van der Waals surface area contributed by atoms with Crippen molar-refractivity contribution >= 4 is 5.91 Å². The molecular formula is C34H31FN4O2. The van der Waals surface area contributed by atoms with E-state index in [0.717, 1.165) is 18.4 Å². The highest BCUT2D eigenvalue weighted by atomic mass is 19.1. The second-order valence-corrected chi connectivity index (χ2v) is 10.5. The molecule has 6 nitrogen and oxygen atoms in total. The van der Waals surface area contributed by atoms with E-state index in [1.807, 2.05) is 50.2 Å². The third kappa shape index (κ3) is 5.91. The van der Waals surface area contributed by atoms with Crippen LogP contribution in [0.5, 0.6) is 0 Å². The molecular weight excluding hydrogens is 515 g/mol.